The molecular formula is C5H8O4S. The van der Waals surface area contributed by atoms with E-state index < -0.39 is 18.7 Å². The van der Waals surface area contributed by atoms with E-state index in [0.717, 1.165) is 0 Å². The third-order valence-electron chi connectivity index (χ3n) is 0.689. The summed E-state index contributed by atoms with van der Waals surface area (Å²) >= 11 is 4.40. The van der Waals surface area contributed by atoms with Gasteiger partial charge in [-0.2, -0.15) is 0 Å². The van der Waals surface area contributed by atoms with E-state index >= 15 is 0 Å². The number of carbonyl (C=O) groups excluding carboxylic acids is 1. The molecule has 0 aliphatic carbocycles. The van der Waals surface area contributed by atoms with Crippen LogP contribution in [0.5, 0.6) is 0 Å². The van der Waals surface area contributed by atoms with Crippen LogP contribution in [0.15, 0.2) is 0 Å². The van der Waals surface area contributed by atoms with E-state index in [0.29, 0.717) is 0 Å². The van der Waals surface area contributed by atoms with Crippen molar-refractivity contribution in [3.05, 3.63) is 0 Å². The predicted molar refractivity (Wildman–Crippen MR) is 37.5 cm³/mol. The van der Waals surface area contributed by atoms with Crippen LogP contribution in [0.3, 0.4) is 0 Å². The number of carbonyl (C=O) groups is 1. The molecular weight excluding hydrogens is 156 g/mol. The lowest BCUT2D eigenvalue weighted by molar-refractivity contribution is -0.146. The minimum absolute atomic E-state index is 0.0255. The second-order valence-corrected chi connectivity index (χ2v) is 2.19. The molecule has 0 spiro atoms. The number of aliphatic hydroxyl groups excluding tert-OH is 2. The molecule has 0 heterocycles. The lowest BCUT2D eigenvalue weighted by Crippen LogP contribution is -2.27. The summed E-state index contributed by atoms with van der Waals surface area (Å²) in [5, 5.41) is 16.8. The highest BCUT2D eigenvalue weighted by Crippen LogP contribution is 1.88. The Morgan fingerprint density at radius 1 is 1.80 bits per heavy atom. The zero-order valence-corrected chi connectivity index (χ0v) is 6.22. The van der Waals surface area contributed by atoms with E-state index in [4.69, 9.17) is 10.2 Å². The topological polar surface area (TPSA) is 66.8 Å². The number of thiocarbonyl (C=S) groups is 1. The molecule has 0 rings (SSSR count). The van der Waals surface area contributed by atoms with Gasteiger partial charge < -0.3 is 14.9 Å². The molecule has 0 saturated heterocycles. The van der Waals surface area contributed by atoms with Crippen molar-refractivity contribution >= 4 is 23.2 Å². The Balaban J connectivity index is 3.73. The van der Waals surface area contributed by atoms with Gasteiger partial charge in [-0.15, -0.1) is 0 Å². The molecule has 4 nitrogen and oxygen atoms in total. The van der Waals surface area contributed by atoms with Crippen LogP contribution in [0, 0.1) is 0 Å². The lowest BCUT2D eigenvalue weighted by atomic mass is 10.4. The quantitative estimate of drug-likeness (QED) is 0.414. The minimum atomic E-state index is -1.49. The fourth-order valence-corrected chi connectivity index (χ4v) is 0.366. The summed E-state index contributed by atoms with van der Waals surface area (Å²) in [6.45, 7) is 0.749. The number of aliphatic hydroxyl groups is 2. The van der Waals surface area contributed by atoms with Crippen LogP contribution in [0.1, 0.15) is 6.92 Å². The molecule has 0 aliphatic rings. The molecule has 10 heavy (non-hydrogen) atoms. The summed E-state index contributed by atoms with van der Waals surface area (Å²) in [7, 11) is 0. The molecule has 0 radical (unpaired) electrons. The Bertz CT molecular complexity index is 145. The Labute approximate surface area is 63.4 Å². The number of hydrogen-bond donors (Lipinski definition) is 2. The van der Waals surface area contributed by atoms with Crippen molar-refractivity contribution in [1.82, 2.24) is 0 Å². The van der Waals surface area contributed by atoms with Crippen molar-refractivity contribution < 1.29 is 19.7 Å². The van der Waals surface area contributed by atoms with Gasteiger partial charge in [0.1, 0.15) is 0 Å². The van der Waals surface area contributed by atoms with Crippen LogP contribution in [0.25, 0.3) is 0 Å². The van der Waals surface area contributed by atoms with Gasteiger partial charge in [-0.25, -0.2) is 4.79 Å². The molecule has 0 aromatic carbocycles. The van der Waals surface area contributed by atoms with Gasteiger partial charge in [-0.3, -0.25) is 0 Å². The smallest absolute Gasteiger partial charge is 0.343 e. The summed E-state index contributed by atoms with van der Waals surface area (Å²) in [6.07, 6.45) is -1.49. The number of rotatable bonds is 2. The average Bonchev–Trinajstić information content (AvgIpc) is 1.85. The van der Waals surface area contributed by atoms with Crippen molar-refractivity contribution in [2.75, 3.05) is 6.61 Å². The minimum Gasteiger partial charge on any atom is -0.418 e. The maximum atomic E-state index is 10.5. The van der Waals surface area contributed by atoms with Gasteiger partial charge in [0.25, 0.3) is 0 Å². The van der Waals surface area contributed by atoms with Crippen molar-refractivity contribution in [1.29, 1.82) is 0 Å². The van der Waals surface area contributed by atoms with Crippen molar-refractivity contribution in [2.45, 2.75) is 13.0 Å². The highest BCUT2D eigenvalue weighted by atomic mass is 32.1. The van der Waals surface area contributed by atoms with Gasteiger partial charge in [0, 0.05) is 6.92 Å². The molecule has 2 N–H and O–H groups in total. The third-order valence-corrected chi connectivity index (χ3v) is 0.773. The lowest BCUT2D eigenvalue weighted by Gasteiger charge is -2.04. The maximum Gasteiger partial charge on any atom is 0.343 e. The maximum absolute atomic E-state index is 10.5. The van der Waals surface area contributed by atoms with Crippen LogP contribution < -0.4 is 0 Å². The van der Waals surface area contributed by atoms with Gasteiger partial charge >= 0.3 is 5.97 Å². The van der Waals surface area contributed by atoms with E-state index in [-0.39, 0.29) is 5.05 Å². The van der Waals surface area contributed by atoms with Gasteiger partial charge in [-0.05, 0) is 12.2 Å². The summed E-state index contributed by atoms with van der Waals surface area (Å²) in [5.74, 6) is -0.921. The van der Waals surface area contributed by atoms with Crippen molar-refractivity contribution in [2.24, 2.45) is 0 Å². The zero-order chi connectivity index (χ0) is 8.15. The second-order valence-electron chi connectivity index (χ2n) is 1.61. The molecule has 5 heteroatoms. The second kappa shape index (κ2) is 4.32. The normalized spacial score (nSPS) is 12.3. The molecule has 1 unspecified atom stereocenters. The first-order chi connectivity index (χ1) is 4.57. The average molecular weight is 164 g/mol. The van der Waals surface area contributed by atoms with Crippen LogP contribution in [0.4, 0.5) is 0 Å². The monoisotopic (exact) mass is 164 g/mol. The highest BCUT2D eigenvalue weighted by Gasteiger charge is 2.15. The molecule has 0 amide bonds. The van der Waals surface area contributed by atoms with Crippen LogP contribution in [-0.4, -0.2) is 33.9 Å². The largest absolute Gasteiger partial charge is 0.418 e. The highest BCUT2D eigenvalue weighted by molar-refractivity contribution is 7.80. The van der Waals surface area contributed by atoms with Gasteiger partial charge in [0.05, 0.1) is 6.61 Å². The molecule has 0 aliphatic heterocycles. The van der Waals surface area contributed by atoms with E-state index in [9.17, 15) is 4.79 Å². The van der Waals surface area contributed by atoms with E-state index in [1.165, 1.54) is 6.92 Å². The molecule has 58 valence electrons. The standard InChI is InChI=1S/C5H8O4S/c1-3(10)9-5(8)4(7)2-6/h4,6-7H,2H2,1H3. The third kappa shape index (κ3) is 3.49. The van der Waals surface area contributed by atoms with Gasteiger partial charge in [0.15, 0.2) is 11.2 Å². The van der Waals surface area contributed by atoms with Crippen LogP contribution in [-0.2, 0) is 9.53 Å². The first-order valence-corrected chi connectivity index (χ1v) is 3.00. The van der Waals surface area contributed by atoms with Gasteiger partial charge in [0.2, 0.25) is 0 Å². The molecule has 0 bridgehead atoms. The predicted octanol–water partition coefficient (Wildman–Crippen LogP) is -0.770. The zero-order valence-electron chi connectivity index (χ0n) is 5.40. The van der Waals surface area contributed by atoms with Crippen molar-refractivity contribution in [3.8, 4) is 0 Å². The number of ether oxygens (including phenoxy) is 1. The molecule has 0 aromatic heterocycles. The van der Waals surface area contributed by atoms with Crippen LogP contribution in [0.2, 0.25) is 0 Å². The molecule has 0 fully saturated rings. The summed E-state index contributed by atoms with van der Waals surface area (Å²) < 4.78 is 4.29. The van der Waals surface area contributed by atoms with E-state index in [2.05, 4.69) is 17.0 Å². The summed E-state index contributed by atoms with van der Waals surface area (Å²) in [4.78, 5) is 10.5. The first kappa shape index (κ1) is 9.48. The first-order valence-electron chi connectivity index (χ1n) is 2.59. The SMILES string of the molecule is CC(=S)OC(=O)C(O)CO. The summed E-state index contributed by atoms with van der Waals surface area (Å²) in [6, 6.07) is 0. The van der Waals surface area contributed by atoms with E-state index in [1.807, 2.05) is 0 Å². The Morgan fingerprint density at radius 3 is 2.60 bits per heavy atom. The Hall–Kier alpha value is -0.520. The molecule has 0 aromatic rings. The Kier molecular flexibility index (Phi) is 4.10. The fraction of sp³-hybridized carbons (Fsp3) is 0.600. The van der Waals surface area contributed by atoms with E-state index in [1.54, 1.807) is 0 Å². The van der Waals surface area contributed by atoms with Crippen LogP contribution >= 0.6 is 12.2 Å². The fourth-order valence-electron chi connectivity index (χ4n) is 0.284. The molecule has 0 saturated carbocycles. The van der Waals surface area contributed by atoms with Gasteiger partial charge in [-0.1, -0.05) is 0 Å². The Morgan fingerprint density at radius 2 is 2.30 bits per heavy atom. The number of esters is 1. The number of hydrogen-bond acceptors (Lipinski definition) is 5. The summed E-state index contributed by atoms with van der Waals surface area (Å²) in [5.41, 5.74) is 0. The van der Waals surface area contributed by atoms with Crippen molar-refractivity contribution in [3.63, 3.8) is 0 Å². The molecule has 1 atom stereocenters.